The van der Waals surface area contributed by atoms with Gasteiger partial charge in [-0.3, -0.25) is 4.99 Å². The van der Waals surface area contributed by atoms with Crippen LogP contribution in [0.2, 0.25) is 0 Å². The van der Waals surface area contributed by atoms with Crippen molar-refractivity contribution in [1.82, 2.24) is 10.2 Å². The predicted octanol–water partition coefficient (Wildman–Crippen LogP) is 1.35. The molecule has 2 aliphatic rings. The van der Waals surface area contributed by atoms with Gasteiger partial charge < -0.3 is 19.7 Å². The van der Waals surface area contributed by atoms with E-state index in [-0.39, 0.29) is 5.41 Å². The van der Waals surface area contributed by atoms with E-state index in [0.717, 1.165) is 51.4 Å². The molecule has 0 atom stereocenters. The molecule has 2 aliphatic heterocycles. The number of nitrogens with zero attached hydrogens (tertiary/aromatic N) is 2. The van der Waals surface area contributed by atoms with Crippen LogP contribution in [0.5, 0.6) is 0 Å². The van der Waals surface area contributed by atoms with Crippen molar-refractivity contribution in [3.8, 4) is 0 Å². The van der Waals surface area contributed by atoms with Crippen LogP contribution < -0.4 is 5.32 Å². The second-order valence-corrected chi connectivity index (χ2v) is 6.47. The van der Waals surface area contributed by atoms with Gasteiger partial charge in [0.15, 0.2) is 5.96 Å². The number of hydrogen-bond donors (Lipinski definition) is 1. The number of rotatable bonds is 5. The Balaban J connectivity index is 1.69. The molecule has 0 spiro atoms. The Bertz CT molecular complexity index is 323. The quantitative estimate of drug-likeness (QED) is 0.611. The third kappa shape index (κ3) is 4.35. The number of hydrogen-bond acceptors (Lipinski definition) is 3. The molecular weight excluding hydrogens is 254 g/mol. The summed E-state index contributed by atoms with van der Waals surface area (Å²) in [5.74, 6) is 1.80. The van der Waals surface area contributed by atoms with Gasteiger partial charge in [-0.25, -0.2) is 0 Å². The van der Waals surface area contributed by atoms with Crippen LogP contribution >= 0.6 is 0 Å². The molecule has 0 bridgehead atoms. The van der Waals surface area contributed by atoms with Crippen molar-refractivity contribution in [1.29, 1.82) is 0 Å². The van der Waals surface area contributed by atoms with Gasteiger partial charge in [-0.1, -0.05) is 6.92 Å². The Hall–Kier alpha value is -0.810. The van der Waals surface area contributed by atoms with Crippen LogP contribution in [0.25, 0.3) is 0 Å². The lowest BCUT2D eigenvalue weighted by molar-refractivity contribution is -0.0972. The standard InChI is InChI=1S/C15H29N3O2/c1-15(11-20-12-15)10-17-14(16-2)18(3)7-4-13-5-8-19-9-6-13/h13H,4-12H2,1-3H3,(H,16,17). The van der Waals surface area contributed by atoms with E-state index >= 15 is 0 Å². The summed E-state index contributed by atoms with van der Waals surface area (Å²) in [6, 6.07) is 0. The zero-order chi connectivity index (χ0) is 14.4. The summed E-state index contributed by atoms with van der Waals surface area (Å²) < 4.78 is 10.7. The summed E-state index contributed by atoms with van der Waals surface area (Å²) in [5.41, 5.74) is 0.275. The maximum atomic E-state index is 5.41. The van der Waals surface area contributed by atoms with Gasteiger partial charge in [-0.2, -0.15) is 0 Å². The van der Waals surface area contributed by atoms with Crippen molar-refractivity contribution in [2.45, 2.75) is 26.2 Å². The molecule has 2 heterocycles. The Morgan fingerprint density at radius 1 is 1.30 bits per heavy atom. The summed E-state index contributed by atoms with van der Waals surface area (Å²) in [6.45, 7) is 7.79. The molecule has 1 N–H and O–H groups in total. The van der Waals surface area contributed by atoms with E-state index in [0.29, 0.717) is 0 Å². The van der Waals surface area contributed by atoms with E-state index < -0.39 is 0 Å². The maximum absolute atomic E-state index is 5.41. The molecule has 0 saturated carbocycles. The first-order chi connectivity index (χ1) is 9.63. The first-order valence-corrected chi connectivity index (χ1v) is 7.70. The van der Waals surface area contributed by atoms with Crippen molar-refractivity contribution >= 4 is 5.96 Å². The molecule has 2 fully saturated rings. The first-order valence-electron chi connectivity index (χ1n) is 7.70. The molecule has 2 rings (SSSR count). The van der Waals surface area contributed by atoms with E-state index in [2.05, 4.69) is 29.2 Å². The predicted molar refractivity (Wildman–Crippen MR) is 81.1 cm³/mol. The molecule has 20 heavy (non-hydrogen) atoms. The first kappa shape index (κ1) is 15.6. The number of ether oxygens (including phenoxy) is 2. The second-order valence-electron chi connectivity index (χ2n) is 6.47. The molecule has 5 nitrogen and oxygen atoms in total. The van der Waals surface area contributed by atoms with Crippen LogP contribution in [0.15, 0.2) is 4.99 Å². The van der Waals surface area contributed by atoms with Gasteiger partial charge >= 0.3 is 0 Å². The van der Waals surface area contributed by atoms with Gasteiger partial charge in [0.25, 0.3) is 0 Å². The third-order valence-electron chi connectivity index (χ3n) is 4.36. The zero-order valence-electron chi connectivity index (χ0n) is 13.2. The lowest BCUT2D eigenvalue weighted by atomic mass is 9.89. The molecule has 116 valence electrons. The average molecular weight is 283 g/mol. The van der Waals surface area contributed by atoms with Crippen LogP contribution in [-0.2, 0) is 9.47 Å². The molecule has 0 amide bonds. The highest BCUT2D eigenvalue weighted by Crippen LogP contribution is 2.25. The molecule has 5 heteroatoms. The molecule has 0 unspecified atom stereocenters. The van der Waals surface area contributed by atoms with Crippen LogP contribution in [0.3, 0.4) is 0 Å². The van der Waals surface area contributed by atoms with Crippen LogP contribution in [0.4, 0.5) is 0 Å². The van der Waals surface area contributed by atoms with Gasteiger partial charge in [0.2, 0.25) is 0 Å². The molecule has 0 radical (unpaired) electrons. The van der Waals surface area contributed by atoms with E-state index in [1.165, 1.54) is 19.3 Å². The van der Waals surface area contributed by atoms with Gasteiger partial charge in [0.05, 0.1) is 13.2 Å². The maximum Gasteiger partial charge on any atom is 0.193 e. The minimum atomic E-state index is 0.275. The number of aliphatic imine (C=N–C) groups is 1. The SMILES string of the molecule is CN=C(NCC1(C)COC1)N(C)CCC1CCOCC1. The number of guanidine groups is 1. The van der Waals surface area contributed by atoms with Crippen LogP contribution in [0.1, 0.15) is 26.2 Å². The van der Waals surface area contributed by atoms with Crippen molar-refractivity contribution < 1.29 is 9.47 Å². The molecule has 2 saturated heterocycles. The third-order valence-corrected chi connectivity index (χ3v) is 4.36. The highest BCUT2D eigenvalue weighted by atomic mass is 16.5. The molecule has 0 aromatic carbocycles. The Morgan fingerprint density at radius 3 is 2.55 bits per heavy atom. The summed E-state index contributed by atoms with van der Waals surface area (Å²) in [4.78, 5) is 6.61. The van der Waals surface area contributed by atoms with Gasteiger partial charge in [-0.05, 0) is 25.2 Å². The van der Waals surface area contributed by atoms with E-state index in [9.17, 15) is 0 Å². The Morgan fingerprint density at radius 2 is 2.00 bits per heavy atom. The number of nitrogens with one attached hydrogen (secondary N) is 1. The summed E-state index contributed by atoms with van der Waals surface area (Å²) in [6.07, 6.45) is 3.63. The minimum absolute atomic E-state index is 0.275. The normalized spacial score (nSPS) is 23.2. The largest absolute Gasteiger partial charge is 0.381 e. The van der Waals surface area contributed by atoms with E-state index in [1.54, 1.807) is 0 Å². The van der Waals surface area contributed by atoms with E-state index in [1.807, 2.05) is 7.05 Å². The second kappa shape index (κ2) is 7.27. The fraction of sp³-hybridized carbons (Fsp3) is 0.933. The highest BCUT2D eigenvalue weighted by Gasteiger charge is 2.33. The smallest absolute Gasteiger partial charge is 0.193 e. The van der Waals surface area contributed by atoms with Crippen LogP contribution in [0, 0.1) is 11.3 Å². The highest BCUT2D eigenvalue weighted by molar-refractivity contribution is 5.79. The van der Waals surface area contributed by atoms with Crippen molar-refractivity contribution in [2.24, 2.45) is 16.3 Å². The fourth-order valence-electron chi connectivity index (χ4n) is 2.75. The van der Waals surface area contributed by atoms with E-state index in [4.69, 9.17) is 9.47 Å². The van der Waals surface area contributed by atoms with Gasteiger partial charge in [0.1, 0.15) is 0 Å². The molecule has 0 aliphatic carbocycles. The average Bonchev–Trinajstić information content (AvgIpc) is 2.45. The summed E-state index contributed by atoms with van der Waals surface area (Å²) in [7, 11) is 3.97. The van der Waals surface area contributed by atoms with Crippen LogP contribution in [-0.4, -0.2) is 64.5 Å². The topological polar surface area (TPSA) is 46.1 Å². The van der Waals surface area contributed by atoms with Crippen molar-refractivity contribution in [3.05, 3.63) is 0 Å². The minimum Gasteiger partial charge on any atom is -0.381 e. The lowest BCUT2D eigenvalue weighted by Crippen LogP contribution is -2.51. The van der Waals surface area contributed by atoms with Gasteiger partial charge in [0, 0.05) is 45.8 Å². The Labute approximate surface area is 122 Å². The zero-order valence-corrected chi connectivity index (χ0v) is 13.2. The summed E-state index contributed by atoms with van der Waals surface area (Å²) in [5, 5.41) is 3.47. The monoisotopic (exact) mass is 283 g/mol. The fourth-order valence-corrected chi connectivity index (χ4v) is 2.75. The lowest BCUT2D eigenvalue weighted by Gasteiger charge is -2.39. The van der Waals surface area contributed by atoms with Gasteiger partial charge in [-0.15, -0.1) is 0 Å². The Kier molecular flexibility index (Phi) is 5.66. The molecule has 0 aromatic rings. The molecule has 0 aromatic heterocycles. The molecular formula is C15H29N3O2. The summed E-state index contributed by atoms with van der Waals surface area (Å²) >= 11 is 0. The van der Waals surface area contributed by atoms with Crippen molar-refractivity contribution in [2.75, 3.05) is 53.6 Å². The van der Waals surface area contributed by atoms with Crippen molar-refractivity contribution in [3.63, 3.8) is 0 Å².